The zero-order chi connectivity index (χ0) is 16.5. The van der Waals surface area contributed by atoms with Crippen LogP contribution in [-0.4, -0.2) is 21.9 Å². The van der Waals surface area contributed by atoms with E-state index < -0.39 is 0 Å². The number of rotatable bonds is 3. The fraction of sp³-hybridized carbons (Fsp3) is 0.111. The lowest BCUT2D eigenvalue weighted by Crippen LogP contribution is -2.20. The molecule has 6 heteroatoms. The van der Waals surface area contributed by atoms with Crippen LogP contribution in [0.3, 0.4) is 0 Å². The fourth-order valence-corrected chi connectivity index (χ4v) is 2.80. The second-order valence-electron chi connectivity index (χ2n) is 5.46. The maximum Gasteiger partial charge on any atom is 0.226 e. The van der Waals surface area contributed by atoms with Crippen molar-refractivity contribution in [3.8, 4) is 5.75 Å². The van der Waals surface area contributed by atoms with Crippen LogP contribution < -0.4 is 10.1 Å². The largest absolute Gasteiger partial charge is 0.497 e. The van der Waals surface area contributed by atoms with Gasteiger partial charge in [0.05, 0.1) is 7.11 Å². The summed E-state index contributed by atoms with van der Waals surface area (Å²) in [6, 6.07) is 14.0. The van der Waals surface area contributed by atoms with Gasteiger partial charge in [0, 0.05) is 5.70 Å². The minimum atomic E-state index is -0.271. The Morgan fingerprint density at radius 1 is 1.17 bits per heavy atom. The van der Waals surface area contributed by atoms with Crippen LogP contribution in [0.4, 0.5) is 10.3 Å². The Balaban J connectivity index is 1.78. The van der Waals surface area contributed by atoms with E-state index in [9.17, 15) is 4.39 Å². The van der Waals surface area contributed by atoms with Gasteiger partial charge < -0.3 is 10.1 Å². The number of nitrogens with one attached hydrogen (secondary N) is 1. The third-order valence-corrected chi connectivity index (χ3v) is 4.00. The summed E-state index contributed by atoms with van der Waals surface area (Å²) in [6.07, 6.45) is 3.50. The van der Waals surface area contributed by atoms with Gasteiger partial charge in [-0.15, -0.1) is 0 Å². The lowest BCUT2D eigenvalue weighted by molar-refractivity contribution is 0.415. The van der Waals surface area contributed by atoms with Crippen LogP contribution in [0.25, 0.3) is 5.70 Å². The van der Waals surface area contributed by atoms with Gasteiger partial charge in [0.2, 0.25) is 5.95 Å². The Morgan fingerprint density at radius 3 is 2.75 bits per heavy atom. The van der Waals surface area contributed by atoms with Crippen molar-refractivity contribution in [3.63, 3.8) is 0 Å². The van der Waals surface area contributed by atoms with Crippen LogP contribution >= 0.6 is 0 Å². The first kappa shape index (κ1) is 14.4. The van der Waals surface area contributed by atoms with Crippen LogP contribution in [-0.2, 0) is 0 Å². The number of benzene rings is 2. The van der Waals surface area contributed by atoms with E-state index in [1.165, 1.54) is 18.5 Å². The molecule has 24 heavy (non-hydrogen) atoms. The average Bonchev–Trinajstić information content (AvgIpc) is 3.09. The van der Waals surface area contributed by atoms with Crippen molar-refractivity contribution < 1.29 is 9.13 Å². The molecule has 120 valence electrons. The second-order valence-corrected chi connectivity index (χ2v) is 5.46. The molecular weight excluding hydrogens is 307 g/mol. The second kappa shape index (κ2) is 5.81. The van der Waals surface area contributed by atoms with Gasteiger partial charge in [-0.3, -0.25) is 0 Å². The molecule has 1 aliphatic heterocycles. The summed E-state index contributed by atoms with van der Waals surface area (Å²) in [5.41, 5.74) is 2.70. The van der Waals surface area contributed by atoms with E-state index in [2.05, 4.69) is 15.4 Å². The lowest BCUT2D eigenvalue weighted by atomic mass is 10.0. The van der Waals surface area contributed by atoms with Gasteiger partial charge in [-0.2, -0.15) is 10.1 Å². The molecule has 0 spiro atoms. The summed E-state index contributed by atoms with van der Waals surface area (Å²) in [4.78, 5) is 4.25. The monoisotopic (exact) mass is 322 g/mol. The number of hydrogen-bond acceptors (Lipinski definition) is 4. The normalized spacial score (nSPS) is 16.1. The van der Waals surface area contributed by atoms with E-state index >= 15 is 0 Å². The molecule has 0 radical (unpaired) electrons. The fourth-order valence-electron chi connectivity index (χ4n) is 2.80. The third-order valence-electron chi connectivity index (χ3n) is 4.00. The Labute approximate surface area is 138 Å². The van der Waals surface area contributed by atoms with E-state index in [1.54, 1.807) is 17.9 Å². The standard InChI is InChI=1S/C18H15FN4O/c1-24-15-7-5-12(6-8-15)16-10-17(13-3-2-4-14(19)9-13)23-18(22-16)20-11-21-23/h2-11,17H,1H3,(H,20,21,22)/t17-/m0/s1. The number of methoxy groups -OCH3 is 1. The molecule has 0 aliphatic carbocycles. The number of aromatic nitrogens is 3. The number of hydrogen-bond donors (Lipinski definition) is 1. The van der Waals surface area contributed by atoms with E-state index in [-0.39, 0.29) is 11.9 Å². The average molecular weight is 322 g/mol. The van der Waals surface area contributed by atoms with Crippen molar-refractivity contribution in [2.45, 2.75) is 6.04 Å². The topological polar surface area (TPSA) is 52.0 Å². The number of nitrogens with zero attached hydrogens (tertiary/aromatic N) is 3. The molecule has 0 fully saturated rings. The Kier molecular flexibility index (Phi) is 3.49. The molecule has 1 atom stereocenters. The van der Waals surface area contributed by atoms with Gasteiger partial charge in [0.15, 0.2) is 0 Å². The van der Waals surface area contributed by atoms with Crippen LogP contribution in [0.5, 0.6) is 5.75 Å². The van der Waals surface area contributed by atoms with Crippen molar-refractivity contribution in [2.24, 2.45) is 0 Å². The summed E-state index contributed by atoms with van der Waals surface area (Å²) in [5.74, 6) is 1.14. The molecule has 0 bridgehead atoms. The summed E-state index contributed by atoms with van der Waals surface area (Å²) in [6.45, 7) is 0. The summed E-state index contributed by atoms with van der Waals surface area (Å²) in [5, 5.41) is 7.52. The van der Waals surface area contributed by atoms with Crippen LogP contribution in [0, 0.1) is 5.82 Å². The number of anilines is 1. The molecule has 4 rings (SSSR count). The molecular formula is C18H15FN4O. The molecule has 3 aromatic rings. The molecule has 1 N–H and O–H groups in total. The minimum absolute atomic E-state index is 0.225. The Hall–Kier alpha value is -3.15. The highest BCUT2D eigenvalue weighted by Gasteiger charge is 2.23. The van der Waals surface area contributed by atoms with E-state index in [4.69, 9.17) is 4.74 Å². The zero-order valence-electron chi connectivity index (χ0n) is 13.0. The zero-order valence-corrected chi connectivity index (χ0v) is 13.0. The third kappa shape index (κ3) is 2.52. The molecule has 0 unspecified atom stereocenters. The number of halogens is 1. The SMILES string of the molecule is COc1ccc(C2=C[C@@H](c3cccc(F)c3)n3ncnc3N2)cc1. The van der Waals surface area contributed by atoms with E-state index in [0.29, 0.717) is 5.95 Å². The molecule has 2 aromatic carbocycles. The highest BCUT2D eigenvalue weighted by atomic mass is 19.1. The maximum absolute atomic E-state index is 13.6. The van der Waals surface area contributed by atoms with Gasteiger partial charge in [0.1, 0.15) is 23.9 Å². The van der Waals surface area contributed by atoms with Crippen molar-refractivity contribution in [1.29, 1.82) is 0 Å². The number of fused-ring (bicyclic) bond motifs is 1. The maximum atomic E-state index is 13.6. The van der Waals surface area contributed by atoms with Gasteiger partial charge in [-0.25, -0.2) is 9.07 Å². The molecule has 2 heterocycles. The van der Waals surface area contributed by atoms with Crippen molar-refractivity contribution in [2.75, 3.05) is 12.4 Å². The highest BCUT2D eigenvalue weighted by molar-refractivity contribution is 5.77. The van der Waals surface area contributed by atoms with Gasteiger partial charge in [-0.05, 0) is 53.6 Å². The van der Waals surface area contributed by atoms with Crippen LogP contribution in [0.2, 0.25) is 0 Å². The predicted molar refractivity (Wildman–Crippen MR) is 89.2 cm³/mol. The van der Waals surface area contributed by atoms with Crippen molar-refractivity contribution >= 4 is 11.6 Å². The first-order valence-electron chi connectivity index (χ1n) is 7.53. The number of ether oxygens (including phenoxy) is 1. The predicted octanol–water partition coefficient (Wildman–Crippen LogP) is 3.48. The lowest BCUT2D eigenvalue weighted by Gasteiger charge is -2.24. The Bertz CT molecular complexity index is 901. The van der Waals surface area contributed by atoms with Crippen LogP contribution in [0.15, 0.2) is 60.9 Å². The molecule has 1 aliphatic rings. The molecule has 0 amide bonds. The first-order chi connectivity index (χ1) is 11.7. The van der Waals surface area contributed by atoms with Gasteiger partial charge in [0.25, 0.3) is 0 Å². The summed E-state index contributed by atoms with van der Waals surface area (Å²) >= 11 is 0. The molecule has 5 nitrogen and oxygen atoms in total. The Morgan fingerprint density at radius 2 is 2.00 bits per heavy atom. The van der Waals surface area contributed by atoms with Gasteiger partial charge >= 0.3 is 0 Å². The summed E-state index contributed by atoms with van der Waals surface area (Å²) in [7, 11) is 1.63. The highest BCUT2D eigenvalue weighted by Crippen LogP contribution is 2.32. The number of allylic oxidation sites excluding steroid dienone is 1. The van der Waals surface area contributed by atoms with Crippen molar-refractivity contribution in [3.05, 3.63) is 77.9 Å². The molecule has 0 saturated heterocycles. The van der Waals surface area contributed by atoms with E-state index in [1.807, 2.05) is 36.4 Å². The molecule has 0 saturated carbocycles. The van der Waals surface area contributed by atoms with Gasteiger partial charge in [-0.1, -0.05) is 12.1 Å². The first-order valence-corrected chi connectivity index (χ1v) is 7.53. The van der Waals surface area contributed by atoms with Crippen molar-refractivity contribution in [1.82, 2.24) is 14.8 Å². The summed E-state index contributed by atoms with van der Waals surface area (Å²) < 4.78 is 20.6. The quantitative estimate of drug-likeness (QED) is 0.802. The van der Waals surface area contributed by atoms with E-state index in [0.717, 1.165) is 22.6 Å². The molecule has 1 aromatic heterocycles. The minimum Gasteiger partial charge on any atom is -0.497 e. The smallest absolute Gasteiger partial charge is 0.226 e. The van der Waals surface area contributed by atoms with Crippen LogP contribution in [0.1, 0.15) is 17.2 Å².